The fourth-order valence-corrected chi connectivity index (χ4v) is 15.2. The molecule has 4 saturated heterocycles. The minimum absolute atomic E-state index is 0.0279. The highest BCUT2D eigenvalue weighted by molar-refractivity contribution is 5.82. The van der Waals surface area contributed by atoms with Crippen molar-refractivity contribution >= 4 is 11.9 Å². The predicted molar refractivity (Wildman–Crippen MR) is 263 cm³/mol. The van der Waals surface area contributed by atoms with Crippen molar-refractivity contribution in [2.24, 2.45) is 45.3 Å². The van der Waals surface area contributed by atoms with E-state index in [1.807, 2.05) is 0 Å². The lowest BCUT2D eigenvalue weighted by molar-refractivity contribution is -0.381. The molecule has 2 saturated carbocycles. The molecule has 0 bridgehead atoms. The third-order valence-corrected chi connectivity index (χ3v) is 19.7. The highest BCUT2D eigenvalue weighted by Crippen LogP contribution is 2.73. The highest BCUT2D eigenvalue weighted by Gasteiger charge is 2.69. The van der Waals surface area contributed by atoms with E-state index in [1.165, 1.54) is 18.1 Å². The van der Waals surface area contributed by atoms with E-state index in [-0.39, 0.29) is 30.5 Å². The summed E-state index contributed by atoms with van der Waals surface area (Å²) >= 11 is 0. The van der Waals surface area contributed by atoms with E-state index in [2.05, 4.69) is 60.4 Å². The number of fused-ring (bicyclic) bond motifs is 4. The first-order valence-corrected chi connectivity index (χ1v) is 27.3. The molecule has 0 aromatic carbocycles. The summed E-state index contributed by atoms with van der Waals surface area (Å²) in [4.78, 5) is 26.5. The standard InChI is InChI=1S/C54H87NO20/c1-24(2)25(3)10-11-26(4)28-15-19-54(50(66)67)30-12-13-35-51(6,7)36(16-17-52(35,8)29(30)14-18-53(28,54)9)73-49-45(75-46-37(55-27(5)57)41(63)39(61)33(20-56)71-46)44(32(59)22-69-49)74-48-43(65)40(62)34(23-70-48)72-47-42(64)38(60)31(58)21-68-47/h24,26,28,31-49,56,58-65H,3,10-23H2,1-2,4-9H3,(H,55,57)(H,66,67). The first-order valence-electron chi connectivity index (χ1n) is 27.3. The summed E-state index contributed by atoms with van der Waals surface area (Å²) in [6.45, 7) is 19.0. The van der Waals surface area contributed by atoms with Gasteiger partial charge < -0.3 is 94.3 Å². The maximum absolute atomic E-state index is 14.0. The average Bonchev–Trinajstić information content (AvgIpc) is 3.69. The third-order valence-electron chi connectivity index (χ3n) is 19.7. The molecule has 6 fully saturated rings. The van der Waals surface area contributed by atoms with Crippen molar-refractivity contribution in [3.8, 4) is 0 Å². The van der Waals surface area contributed by atoms with Crippen molar-refractivity contribution in [3.63, 3.8) is 0 Å². The van der Waals surface area contributed by atoms with Gasteiger partial charge in [-0.3, -0.25) is 9.59 Å². The Kier molecular flexibility index (Phi) is 17.8. The Labute approximate surface area is 439 Å². The van der Waals surface area contributed by atoms with Gasteiger partial charge in [0.05, 0.1) is 37.9 Å². The molecular formula is C54H87NO20. The Morgan fingerprint density at radius 2 is 1.35 bits per heavy atom. The molecule has 1 amide bonds. The Morgan fingerprint density at radius 1 is 0.707 bits per heavy atom. The molecule has 0 aromatic heterocycles. The molecule has 4 heterocycles. The van der Waals surface area contributed by atoms with Crippen LogP contribution in [0, 0.1) is 45.3 Å². The molecule has 4 aliphatic heterocycles. The maximum Gasteiger partial charge on any atom is 0.314 e. The molecule has 75 heavy (non-hydrogen) atoms. The molecular weight excluding hydrogens is 983 g/mol. The third kappa shape index (κ3) is 10.6. The molecule has 0 radical (unpaired) electrons. The summed E-state index contributed by atoms with van der Waals surface area (Å²) < 4.78 is 49.0. The number of ether oxygens (including phenoxy) is 8. The van der Waals surface area contributed by atoms with E-state index in [4.69, 9.17) is 37.9 Å². The van der Waals surface area contributed by atoms with Crippen LogP contribution in [0.25, 0.3) is 0 Å². The van der Waals surface area contributed by atoms with Gasteiger partial charge in [0, 0.05) is 6.92 Å². The first-order chi connectivity index (χ1) is 35.2. The number of nitrogens with one attached hydrogen (secondary N) is 1. The van der Waals surface area contributed by atoms with Gasteiger partial charge in [0.1, 0.15) is 79.3 Å². The number of rotatable bonds is 16. The van der Waals surface area contributed by atoms with Crippen LogP contribution < -0.4 is 5.32 Å². The summed E-state index contributed by atoms with van der Waals surface area (Å²) in [6.07, 6.45) is -18.2. The van der Waals surface area contributed by atoms with E-state index in [1.54, 1.807) is 0 Å². The van der Waals surface area contributed by atoms with Crippen LogP contribution in [0.3, 0.4) is 0 Å². The second kappa shape index (κ2) is 22.7. The zero-order chi connectivity index (χ0) is 54.9. The minimum Gasteiger partial charge on any atom is -0.481 e. The number of carbonyl (C=O) groups excluding carboxylic acids is 1. The summed E-state index contributed by atoms with van der Waals surface area (Å²) in [7, 11) is 0. The summed E-state index contributed by atoms with van der Waals surface area (Å²) in [6, 6.07) is -1.43. The van der Waals surface area contributed by atoms with Crippen molar-refractivity contribution < 1.29 is 98.5 Å². The molecule has 8 aliphatic rings. The van der Waals surface area contributed by atoms with Crippen molar-refractivity contribution in [1.29, 1.82) is 0 Å². The minimum atomic E-state index is -1.86. The molecule has 21 nitrogen and oxygen atoms in total. The topological polar surface area (TPSA) is 322 Å². The number of hydrogen-bond acceptors (Lipinski definition) is 19. The van der Waals surface area contributed by atoms with Gasteiger partial charge >= 0.3 is 5.97 Å². The van der Waals surface area contributed by atoms with Crippen LogP contribution in [0.4, 0.5) is 0 Å². The van der Waals surface area contributed by atoms with Crippen molar-refractivity contribution in [3.05, 3.63) is 23.3 Å². The lowest BCUT2D eigenvalue weighted by Crippen LogP contribution is -2.68. The molecule has 0 aromatic rings. The quantitative estimate of drug-likeness (QED) is 0.0966. The van der Waals surface area contributed by atoms with Crippen LogP contribution >= 0.6 is 0 Å². The molecule has 24 atom stereocenters. The number of amides is 1. The molecule has 4 aliphatic carbocycles. The van der Waals surface area contributed by atoms with Crippen LogP contribution in [0.2, 0.25) is 0 Å². The van der Waals surface area contributed by atoms with Crippen molar-refractivity contribution in [2.75, 3.05) is 26.4 Å². The Morgan fingerprint density at radius 3 is 2.01 bits per heavy atom. The lowest BCUT2D eigenvalue weighted by Gasteiger charge is -2.62. The number of allylic oxidation sites excluding steroid dienone is 2. The van der Waals surface area contributed by atoms with Crippen molar-refractivity contribution in [2.45, 2.75) is 230 Å². The molecule has 21 heteroatoms. The fourth-order valence-electron chi connectivity index (χ4n) is 15.2. The fraction of sp³-hybridized carbons (Fsp3) is 0.889. The van der Waals surface area contributed by atoms with Crippen LogP contribution in [0.15, 0.2) is 23.3 Å². The number of aliphatic carboxylic acids is 1. The highest BCUT2D eigenvalue weighted by atomic mass is 16.8. The van der Waals surface area contributed by atoms with Crippen LogP contribution in [0.5, 0.6) is 0 Å². The molecule has 11 N–H and O–H groups in total. The number of aliphatic hydroxyl groups excluding tert-OH is 9. The SMILES string of the molecule is C=C(CCC(C)C1CCC2(C(=O)O)C3=C(CCC12C)C1(C)CCC(OC2OCC(O)C(OC4OCC(OC5OCC(O)C(O)C5O)C(O)C4O)C2OC2OC(CO)C(O)C(O)C2NC(C)=O)C(C)(C)C1CC3)C(C)C. The van der Waals surface area contributed by atoms with E-state index < -0.39 is 152 Å². The van der Waals surface area contributed by atoms with Gasteiger partial charge in [-0.1, -0.05) is 71.8 Å². The number of carboxylic acids is 1. The second-order valence-corrected chi connectivity index (χ2v) is 24.6. The predicted octanol–water partition coefficient (Wildman–Crippen LogP) is 1.15. The molecule has 0 spiro atoms. The largest absolute Gasteiger partial charge is 0.481 e. The van der Waals surface area contributed by atoms with Crippen LogP contribution in [0.1, 0.15) is 120 Å². The van der Waals surface area contributed by atoms with E-state index >= 15 is 0 Å². The van der Waals surface area contributed by atoms with Gasteiger partial charge in [0.15, 0.2) is 25.2 Å². The summed E-state index contributed by atoms with van der Waals surface area (Å²) in [5, 5.41) is 111. The summed E-state index contributed by atoms with van der Waals surface area (Å²) in [5.41, 5.74) is 1.28. The van der Waals surface area contributed by atoms with E-state index in [9.17, 15) is 60.7 Å². The second-order valence-electron chi connectivity index (χ2n) is 24.6. The normalized spacial score (nSPS) is 47.3. The maximum atomic E-state index is 14.0. The lowest BCUT2D eigenvalue weighted by atomic mass is 9.43. The van der Waals surface area contributed by atoms with E-state index in [0.29, 0.717) is 43.9 Å². The Balaban J connectivity index is 1.05. The van der Waals surface area contributed by atoms with E-state index in [0.717, 1.165) is 37.7 Å². The first kappa shape index (κ1) is 58.9. The van der Waals surface area contributed by atoms with Gasteiger partial charge in [0.2, 0.25) is 5.91 Å². The molecule has 428 valence electrons. The zero-order valence-corrected chi connectivity index (χ0v) is 44.9. The van der Waals surface area contributed by atoms with Gasteiger partial charge in [-0.05, 0) is 104 Å². The number of hydrogen-bond donors (Lipinski definition) is 11. The van der Waals surface area contributed by atoms with Gasteiger partial charge in [0.25, 0.3) is 0 Å². The molecule has 8 rings (SSSR count). The van der Waals surface area contributed by atoms with Crippen molar-refractivity contribution in [1.82, 2.24) is 5.32 Å². The number of carbonyl (C=O) groups is 2. The monoisotopic (exact) mass is 1070 g/mol. The average molecular weight is 1070 g/mol. The Bertz CT molecular complexity index is 2070. The van der Waals surface area contributed by atoms with Gasteiger partial charge in [-0.2, -0.15) is 0 Å². The Hall–Kier alpha value is -2.26. The smallest absolute Gasteiger partial charge is 0.314 e. The number of carboxylic acid groups (broad SMARTS) is 1. The number of aliphatic hydroxyl groups is 9. The van der Waals surface area contributed by atoms with Crippen LogP contribution in [-0.4, -0.2) is 200 Å². The summed E-state index contributed by atoms with van der Waals surface area (Å²) in [5.74, 6) is -0.321. The van der Waals surface area contributed by atoms with Gasteiger partial charge in [-0.15, -0.1) is 0 Å². The van der Waals surface area contributed by atoms with Crippen LogP contribution in [-0.2, 0) is 47.5 Å². The zero-order valence-electron chi connectivity index (χ0n) is 44.9. The molecule has 24 unspecified atom stereocenters. The van der Waals surface area contributed by atoms with Gasteiger partial charge in [-0.25, -0.2) is 0 Å².